The fraction of sp³-hybridized carbons (Fsp3) is 0.714. The molecule has 1 unspecified atom stereocenters. The smallest absolute Gasteiger partial charge is 0.225 e. The molecule has 0 aliphatic heterocycles. The summed E-state index contributed by atoms with van der Waals surface area (Å²) in [5.41, 5.74) is 1.01. The molecular formula is C14H25N3OS. The van der Waals surface area contributed by atoms with Crippen molar-refractivity contribution < 1.29 is 4.79 Å². The number of carbonyl (C=O) groups excluding carboxylic acids is 1. The summed E-state index contributed by atoms with van der Waals surface area (Å²) in [6.45, 7) is 12.7. The van der Waals surface area contributed by atoms with Gasteiger partial charge in [0, 0.05) is 25.4 Å². The van der Waals surface area contributed by atoms with Crippen molar-refractivity contribution in [1.29, 1.82) is 0 Å². The predicted octanol–water partition coefficient (Wildman–Crippen LogP) is 2.90. The first-order chi connectivity index (χ1) is 8.95. The van der Waals surface area contributed by atoms with Crippen molar-refractivity contribution in [3.8, 4) is 0 Å². The van der Waals surface area contributed by atoms with Gasteiger partial charge in [0.1, 0.15) is 0 Å². The Morgan fingerprint density at radius 1 is 1.47 bits per heavy atom. The van der Waals surface area contributed by atoms with E-state index in [9.17, 15) is 4.79 Å². The molecule has 1 aromatic rings. The number of anilines is 1. The van der Waals surface area contributed by atoms with Gasteiger partial charge in [-0.15, -0.1) is 11.3 Å². The molecule has 108 valence electrons. The number of amides is 1. The molecule has 1 rings (SSSR count). The van der Waals surface area contributed by atoms with Crippen LogP contribution in [0, 0.1) is 11.8 Å². The standard InChI is InChI=1S/C14H25N3OS/c1-6-17(12(5)18)14-16-13(9-19-14)8-15-7-11(4)10(2)3/h9-11,15H,6-8H2,1-5H3. The van der Waals surface area contributed by atoms with Gasteiger partial charge in [-0.1, -0.05) is 20.8 Å². The molecule has 0 saturated carbocycles. The van der Waals surface area contributed by atoms with E-state index in [0.29, 0.717) is 18.4 Å². The Labute approximate surface area is 120 Å². The van der Waals surface area contributed by atoms with Crippen molar-refractivity contribution in [2.24, 2.45) is 11.8 Å². The summed E-state index contributed by atoms with van der Waals surface area (Å²) < 4.78 is 0. The average Bonchev–Trinajstić information content (AvgIpc) is 2.77. The van der Waals surface area contributed by atoms with Gasteiger partial charge in [-0.05, 0) is 25.3 Å². The SMILES string of the molecule is CCN(C(C)=O)c1nc(CNCC(C)C(C)C)cs1. The molecule has 4 nitrogen and oxygen atoms in total. The van der Waals surface area contributed by atoms with E-state index in [4.69, 9.17) is 0 Å². The Kier molecular flexibility index (Phi) is 6.45. The summed E-state index contributed by atoms with van der Waals surface area (Å²) >= 11 is 1.53. The molecule has 0 radical (unpaired) electrons. The van der Waals surface area contributed by atoms with Gasteiger partial charge in [-0.3, -0.25) is 9.69 Å². The lowest BCUT2D eigenvalue weighted by atomic mass is 9.98. The van der Waals surface area contributed by atoms with Crippen LogP contribution in [0.5, 0.6) is 0 Å². The van der Waals surface area contributed by atoms with Crippen LogP contribution >= 0.6 is 11.3 Å². The normalized spacial score (nSPS) is 12.7. The van der Waals surface area contributed by atoms with Crippen LogP contribution in [0.15, 0.2) is 5.38 Å². The number of aromatic nitrogens is 1. The van der Waals surface area contributed by atoms with Crippen LogP contribution < -0.4 is 10.2 Å². The Hall–Kier alpha value is -0.940. The largest absolute Gasteiger partial charge is 0.311 e. The number of nitrogens with one attached hydrogen (secondary N) is 1. The molecule has 0 aliphatic rings. The third-order valence-corrected chi connectivity index (χ3v) is 4.29. The Morgan fingerprint density at radius 3 is 2.68 bits per heavy atom. The van der Waals surface area contributed by atoms with Crippen molar-refractivity contribution in [2.75, 3.05) is 18.0 Å². The zero-order valence-corrected chi connectivity index (χ0v) is 13.4. The molecule has 0 aliphatic carbocycles. The summed E-state index contributed by atoms with van der Waals surface area (Å²) in [5.74, 6) is 1.39. The predicted molar refractivity (Wildman–Crippen MR) is 81.5 cm³/mol. The maximum Gasteiger partial charge on any atom is 0.225 e. The molecule has 1 heterocycles. The van der Waals surface area contributed by atoms with Crippen LogP contribution in [0.2, 0.25) is 0 Å². The van der Waals surface area contributed by atoms with Gasteiger partial charge in [0.15, 0.2) is 5.13 Å². The van der Waals surface area contributed by atoms with E-state index in [2.05, 4.69) is 31.1 Å². The van der Waals surface area contributed by atoms with Crippen LogP contribution in [0.1, 0.15) is 40.3 Å². The summed E-state index contributed by atoms with van der Waals surface area (Å²) in [7, 11) is 0. The third-order valence-electron chi connectivity index (χ3n) is 3.38. The second-order valence-electron chi connectivity index (χ2n) is 5.24. The lowest BCUT2D eigenvalue weighted by Crippen LogP contribution is -2.28. The van der Waals surface area contributed by atoms with Crippen molar-refractivity contribution in [3.05, 3.63) is 11.1 Å². The van der Waals surface area contributed by atoms with Crippen LogP contribution in [-0.2, 0) is 11.3 Å². The van der Waals surface area contributed by atoms with E-state index in [0.717, 1.165) is 23.9 Å². The lowest BCUT2D eigenvalue weighted by Gasteiger charge is -2.16. The fourth-order valence-electron chi connectivity index (χ4n) is 1.66. The minimum Gasteiger partial charge on any atom is -0.311 e. The number of hydrogen-bond donors (Lipinski definition) is 1. The van der Waals surface area contributed by atoms with Gasteiger partial charge in [-0.25, -0.2) is 4.98 Å². The van der Waals surface area contributed by atoms with Crippen molar-refractivity contribution in [3.63, 3.8) is 0 Å². The molecule has 0 fully saturated rings. The van der Waals surface area contributed by atoms with Crippen LogP contribution in [-0.4, -0.2) is 24.0 Å². The summed E-state index contributed by atoms with van der Waals surface area (Å²) in [6.07, 6.45) is 0. The van der Waals surface area contributed by atoms with Crippen LogP contribution in [0.4, 0.5) is 5.13 Å². The molecule has 1 N–H and O–H groups in total. The molecule has 0 aromatic carbocycles. The van der Waals surface area contributed by atoms with Gasteiger partial charge in [0.25, 0.3) is 0 Å². The van der Waals surface area contributed by atoms with E-state index < -0.39 is 0 Å². The Balaban J connectivity index is 2.49. The topological polar surface area (TPSA) is 45.2 Å². The highest BCUT2D eigenvalue weighted by Crippen LogP contribution is 2.20. The van der Waals surface area contributed by atoms with E-state index in [1.165, 1.54) is 11.3 Å². The fourth-order valence-corrected chi connectivity index (χ4v) is 2.59. The van der Waals surface area contributed by atoms with Crippen molar-refractivity contribution in [1.82, 2.24) is 10.3 Å². The van der Waals surface area contributed by atoms with E-state index in [1.807, 2.05) is 12.3 Å². The monoisotopic (exact) mass is 283 g/mol. The second-order valence-corrected chi connectivity index (χ2v) is 6.07. The minimum atomic E-state index is 0.0461. The van der Waals surface area contributed by atoms with Crippen LogP contribution in [0.3, 0.4) is 0 Å². The maximum atomic E-state index is 11.4. The first kappa shape index (κ1) is 16.1. The number of hydrogen-bond acceptors (Lipinski definition) is 4. The zero-order chi connectivity index (χ0) is 14.4. The number of nitrogens with zero attached hydrogens (tertiary/aromatic N) is 2. The average molecular weight is 283 g/mol. The maximum absolute atomic E-state index is 11.4. The highest BCUT2D eigenvalue weighted by atomic mass is 32.1. The summed E-state index contributed by atoms with van der Waals surface area (Å²) in [6, 6.07) is 0. The first-order valence-electron chi connectivity index (χ1n) is 6.88. The second kappa shape index (κ2) is 7.60. The zero-order valence-electron chi connectivity index (χ0n) is 12.6. The van der Waals surface area contributed by atoms with E-state index in [-0.39, 0.29) is 5.91 Å². The lowest BCUT2D eigenvalue weighted by molar-refractivity contribution is -0.116. The highest BCUT2D eigenvalue weighted by Gasteiger charge is 2.13. The summed E-state index contributed by atoms with van der Waals surface area (Å²) in [4.78, 5) is 17.6. The molecule has 1 atom stereocenters. The molecule has 19 heavy (non-hydrogen) atoms. The van der Waals surface area contributed by atoms with Gasteiger partial charge in [0.05, 0.1) is 5.69 Å². The minimum absolute atomic E-state index is 0.0461. The van der Waals surface area contributed by atoms with E-state index in [1.54, 1.807) is 11.8 Å². The van der Waals surface area contributed by atoms with Gasteiger partial charge >= 0.3 is 0 Å². The molecule has 0 saturated heterocycles. The molecule has 1 amide bonds. The quantitative estimate of drug-likeness (QED) is 0.837. The van der Waals surface area contributed by atoms with Crippen LogP contribution in [0.25, 0.3) is 0 Å². The number of carbonyl (C=O) groups is 1. The van der Waals surface area contributed by atoms with Gasteiger partial charge in [-0.2, -0.15) is 0 Å². The highest BCUT2D eigenvalue weighted by molar-refractivity contribution is 7.14. The molecular weight excluding hydrogens is 258 g/mol. The first-order valence-corrected chi connectivity index (χ1v) is 7.76. The number of rotatable bonds is 7. The van der Waals surface area contributed by atoms with Gasteiger partial charge < -0.3 is 5.32 Å². The molecule has 0 bridgehead atoms. The Bertz CT molecular complexity index is 403. The summed E-state index contributed by atoms with van der Waals surface area (Å²) in [5, 5.41) is 6.24. The molecule has 0 spiro atoms. The number of thiazole rings is 1. The van der Waals surface area contributed by atoms with Crippen molar-refractivity contribution >= 4 is 22.4 Å². The molecule has 1 aromatic heterocycles. The Morgan fingerprint density at radius 2 is 2.16 bits per heavy atom. The third kappa shape index (κ3) is 4.91. The van der Waals surface area contributed by atoms with E-state index >= 15 is 0 Å². The van der Waals surface area contributed by atoms with Gasteiger partial charge in [0.2, 0.25) is 5.91 Å². The molecule has 5 heteroatoms. The van der Waals surface area contributed by atoms with Crippen molar-refractivity contribution in [2.45, 2.75) is 41.2 Å².